The van der Waals surface area contributed by atoms with Gasteiger partial charge < -0.3 is 5.32 Å². The normalized spacial score (nSPS) is 11.2. The summed E-state index contributed by atoms with van der Waals surface area (Å²) in [6.07, 6.45) is -4.64. The van der Waals surface area contributed by atoms with Crippen molar-refractivity contribution in [2.24, 2.45) is 0 Å². The van der Waals surface area contributed by atoms with Gasteiger partial charge in [0.1, 0.15) is 5.82 Å². The van der Waals surface area contributed by atoms with E-state index in [1.807, 2.05) is 0 Å². The van der Waals surface area contributed by atoms with E-state index in [2.05, 4.69) is 5.32 Å². The molecule has 0 spiro atoms. The summed E-state index contributed by atoms with van der Waals surface area (Å²) in [5, 5.41) is 2.16. The molecule has 0 aliphatic carbocycles. The molecule has 0 saturated heterocycles. The van der Waals surface area contributed by atoms with Crippen molar-refractivity contribution in [2.45, 2.75) is 12.6 Å². The molecule has 0 aliphatic heterocycles. The maximum Gasteiger partial charge on any atom is 0.416 e. The fourth-order valence-corrected chi connectivity index (χ4v) is 1.77. The molecule has 1 N–H and O–H groups in total. The lowest BCUT2D eigenvalue weighted by Gasteiger charge is -2.11. The average Bonchev–Trinajstić information content (AvgIpc) is 2.41. The highest BCUT2D eigenvalue weighted by molar-refractivity contribution is 5.92. The number of amides is 1. The summed E-state index contributed by atoms with van der Waals surface area (Å²) in [6, 6.07) is 10.5. The third kappa shape index (κ3) is 4.05. The number of rotatable bonds is 3. The van der Waals surface area contributed by atoms with Gasteiger partial charge in [0.15, 0.2) is 0 Å². The first kappa shape index (κ1) is 15.0. The highest BCUT2D eigenvalue weighted by Gasteiger charge is 2.31. The molecule has 0 heterocycles. The lowest BCUT2D eigenvalue weighted by atomic mass is 10.1. The molecule has 1 amide bonds. The monoisotopic (exact) mass is 297 g/mol. The Labute approximate surface area is 118 Å². The fraction of sp³-hybridized carbons (Fsp3) is 0.133. The zero-order valence-electron chi connectivity index (χ0n) is 10.7. The van der Waals surface area contributed by atoms with Gasteiger partial charge in [-0.25, -0.2) is 4.39 Å². The molecule has 2 rings (SSSR count). The van der Waals surface area contributed by atoms with E-state index in [1.54, 1.807) is 30.3 Å². The average molecular weight is 297 g/mol. The minimum absolute atomic E-state index is 0.0451. The van der Waals surface area contributed by atoms with E-state index >= 15 is 0 Å². The van der Waals surface area contributed by atoms with Gasteiger partial charge in [0.2, 0.25) is 5.91 Å². The van der Waals surface area contributed by atoms with E-state index in [9.17, 15) is 22.4 Å². The summed E-state index contributed by atoms with van der Waals surface area (Å²) in [7, 11) is 0. The molecule has 0 fully saturated rings. The molecule has 0 atom stereocenters. The molecule has 0 aromatic heterocycles. The first-order valence-electron chi connectivity index (χ1n) is 6.07. The topological polar surface area (TPSA) is 29.1 Å². The number of nitrogens with one attached hydrogen (secondary N) is 1. The van der Waals surface area contributed by atoms with E-state index in [4.69, 9.17) is 0 Å². The minimum Gasteiger partial charge on any atom is -0.323 e. The largest absolute Gasteiger partial charge is 0.416 e. The number of hydrogen-bond acceptors (Lipinski definition) is 1. The van der Waals surface area contributed by atoms with Gasteiger partial charge in [-0.1, -0.05) is 30.3 Å². The summed E-state index contributed by atoms with van der Waals surface area (Å²) in [4.78, 5) is 11.7. The SMILES string of the molecule is O=C(Cc1ccccc1)Nc1cc(C(F)(F)F)ccc1F. The number of benzene rings is 2. The number of halogens is 4. The molecule has 2 aromatic carbocycles. The summed E-state index contributed by atoms with van der Waals surface area (Å²) in [6.45, 7) is 0. The predicted octanol–water partition coefficient (Wildman–Crippen LogP) is 4.03. The first-order chi connectivity index (χ1) is 9.86. The summed E-state index contributed by atoms with van der Waals surface area (Å²) >= 11 is 0. The van der Waals surface area contributed by atoms with Crippen LogP contribution in [0.2, 0.25) is 0 Å². The molecular weight excluding hydrogens is 286 g/mol. The Morgan fingerprint density at radius 2 is 1.71 bits per heavy atom. The van der Waals surface area contributed by atoms with Gasteiger partial charge in [-0.15, -0.1) is 0 Å². The molecule has 0 saturated carbocycles. The van der Waals surface area contributed by atoms with E-state index < -0.39 is 29.2 Å². The summed E-state index contributed by atoms with van der Waals surface area (Å²) in [5.41, 5.74) is -0.813. The Hall–Kier alpha value is -2.37. The maximum atomic E-state index is 13.5. The Morgan fingerprint density at radius 3 is 2.33 bits per heavy atom. The van der Waals surface area contributed by atoms with Crippen molar-refractivity contribution in [1.82, 2.24) is 0 Å². The molecule has 0 unspecified atom stereocenters. The van der Waals surface area contributed by atoms with Crippen LogP contribution in [0.25, 0.3) is 0 Å². The zero-order chi connectivity index (χ0) is 15.5. The van der Waals surface area contributed by atoms with Crippen molar-refractivity contribution in [3.63, 3.8) is 0 Å². The number of hydrogen-bond donors (Lipinski definition) is 1. The highest BCUT2D eigenvalue weighted by Crippen LogP contribution is 2.31. The van der Waals surface area contributed by atoms with Crippen molar-refractivity contribution in [3.8, 4) is 0 Å². The Morgan fingerprint density at radius 1 is 1.05 bits per heavy atom. The molecule has 0 bridgehead atoms. The number of alkyl halides is 3. The maximum absolute atomic E-state index is 13.5. The van der Waals surface area contributed by atoms with Crippen LogP contribution in [0.4, 0.5) is 23.2 Å². The van der Waals surface area contributed by atoms with E-state index in [0.717, 1.165) is 0 Å². The van der Waals surface area contributed by atoms with E-state index in [-0.39, 0.29) is 6.42 Å². The third-order valence-electron chi connectivity index (χ3n) is 2.78. The van der Waals surface area contributed by atoms with Gasteiger partial charge in [-0.3, -0.25) is 4.79 Å². The van der Waals surface area contributed by atoms with Gasteiger partial charge in [0, 0.05) is 0 Å². The molecule has 0 radical (unpaired) electrons. The molecule has 0 aliphatic rings. The van der Waals surface area contributed by atoms with Crippen molar-refractivity contribution in [2.75, 3.05) is 5.32 Å². The second-order valence-electron chi connectivity index (χ2n) is 4.40. The first-order valence-corrected chi connectivity index (χ1v) is 6.07. The smallest absolute Gasteiger partial charge is 0.323 e. The van der Waals surface area contributed by atoms with Crippen LogP contribution in [0.3, 0.4) is 0 Å². The van der Waals surface area contributed by atoms with Gasteiger partial charge in [0.05, 0.1) is 17.7 Å². The van der Waals surface area contributed by atoms with Crippen LogP contribution >= 0.6 is 0 Å². The zero-order valence-corrected chi connectivity index (χ0v) is 10.7. The van der Waals surface area contributed by atoms with Crippen molar-refractivity contribution in [1.29, 1.82) is 0 Å². The predicted molar refractivity (Wildman–Crippen MR) is 70.2 cm³/mol. The summed E-state index contributed by atoms with van der Waals surface area (Å²) < 4.78 is 51.1. The molecule has 6 heteroatoms. The van der Waals surface area contributed by atoms with Crippen LogP contribution in [0.5, 0.6) is 0 Å². The van der Waals surface area contributed by atoms with Crippen LogP contribution in [0, 0.1) is 5.82 Å². The van der Waals surface area contributed by atoms with E-state index in [0.29, 0.717) is 23.8 Å². The Kier molecular flexibility index (Phi) is 4.26. The third-order valence-corrected chi connectivity index (χ3v) is 2.78. The number of anilines is 1. The second kappa shape index (κ2) is 5.95. The van der Waals surface area contributed by atoms with Crippen LogP contribution < -0.4 is 5.32 Å². The Bertz CT molecular complexity index is 638. The van der Waals surface area contributed by atoms with Crippen LogP contribution in [0.15, 0.2) is 48.5 Å². The lowest BCUT2D eigenvalue weighted by molar-refractivity contribution is -0.137. The Balaban J connectivity index is 2.14. The van der Waals surface area contributed by atoms with Crippen LogP contribution in [-0.4, -0.2) is 5.91 Å². The van der Waals surface area contributed by atoms with Crippen molar-refractivity contribution in [3.05, 3.63) is 65.5 Å². The van der Waals surface area contributed by atoms with Gasteiger partial charge in [-0.05, 0) is 23.8 Å². The van der Waals surface area contributed by atoms with Crippen molar-refractivity contribution < 1.29 is 22.4 Å². The molecular formula is C15H11F4NO. The molecule has 2 aromatic rings. The molecule has 110 valence electrons. The number of carbonyl (C=O) groups is 1. The van der Waals surface area contributed by atoms with Crippen LogP contribution in [-0.2, 0) is 17.4 Å². The van der Waals surface area contributed by atoms with Gasteiger partial charge in [0.25, 0.3) is 0 Å². The fourth-order valence-electron chi connectivity index (χ4n) is 1.77. The molecule has 21 heavy (non-hydrogen) atoms. The quantitative estimate of drug-likeness (QED) is 0.852. The van der Waals surface area contributed by atoms with Crippen molar-refractivity contribution >= 4 is 11.6 Å². The van der Waals surface area contributed by atoms with Gasteiger partial charge >= 0.3 is 6.18 Å². The standard InChI is InChI=1S/C15H11F4NO/c16-12-7-6-11(15(17,18)19)9-13(12)20-14(21)8-10-4-2-1-3-5-10/h1-7,9H,8H2,(H,20,21). The number of carbonyl (C=O) groups excluding carboxylic acids is 1. The minimum atomic E-state index is -4.59. The summed E-state index contributed by atoms with van der Waals surface area (Å²) in [5.74, 6) is -1.50. The second-order valence-corrected chi connectivity index (χ2v) is 4.40. The van der Waals surface area contributed by atoms with Crippen LogP contribution in [0.1, 0.15) is 11.1 Å². The van der Waals surface area contributed by atoms with Gasteiger partial charge in [-0.2, -0.15) is 13.2 Å². The lowest BCUT2D eigenvalue weighted by Crippen LogP contribution is -2.16. The molecule has 2 nitrogen and oxygen atoms in total. The highest BCUT2D eigenvalue weighted by atomic mass is 19.4. The van der Waals surface area contributed by atoms with E-state index in [1.165, 1.54) is 0 Å².